The van der Waals surface area contributed by atoms with E-state index in [4.69, 9.17) is 4.18 Å². The highest BCUT2D eigenvalue weighted by Gasteiger charge is 2.19. The molecule has 2 aromatic carbocycles. The van der Waals surface area contributed by atoms with Crippen molar-refractivity contribution in [1.29, 1.82) is 0 Å². The van der Waals surface area contributed by atoms with Crippen LogP contribution in [0.15, 0.2) is 65.6 Å². The van der Waals surface area contributed by atoms with Crippen molar-refractivity contribution in [3.63, 3.8) is 0 Å². The predicted octanol–water partition coefficient (Wildman–Crippen LogP) is 6.71. The summed E-state index contributed by atoms with van der Waals surface area (Å²) in [7, 11) is -3.71. The molecule has 0 aliphatic rings. The van der Waals surface area contributed by atoms with Crippen molar-refractivity contribution >= 4 is 10.1 Å². The second-order valence-corrected chi connectivity index (χ2v) is 9.04. The van der Waals surface area contributed by atoms with Crippen LogP contribution in [0.4, 0.5) is 0 Å². The fourth-order valence-electron chi connectivity index (χ4n) is 3.42. The summed E-state index contributed by atoms with van der Waals surface area (Å²) in [4.78, 5) is 0.217. The second-order valence-electron chi connectivity index (χ2n) is 7.42. The molecule has 0 radical (unpaired) electrons. The van der Waals surface area contributed by atoms with Crippen molar-refractivity contribution < 1.29 is 12.6 Å². The minimum absolute atomic E-state index is 0.0970. The summed E-state index contributed by atoms with van der Waals surface area (Å²) in [6.45, 7) is 2.43. The number of benzene rings is 2. The van der Waals surface area contributed by atoms with Gasteiger partial charge in [-0.15, -0.1) is 0 Å². The molecule has 0 N–H and O–H groups in total. The lowest BCUT2D eigenvalue weighted by Crippen LogP contribution is -2.14. The van der Waals surface area contributed by atoms with Gasteiger partial charge in [0.25, 0.3) is 10.1 Å². The summed E-state index contributed by atoms with van der Waals surface area (Å²) >= 11 is 0. The molecule has 2 aromatic rings. The van der Waals surface area contributed by atoms with Gasteiger partial charge < -0.3 is 0 Å². The number of rotatable bonds is 14. The zero-order valence-corrected chi connectivity index (χ0v) is 17.9. The minimum atomic E-state index is -3.71. The molecule has 0 saturated carbocycles. The zero-order valence-electron chi connectivity index (χ0n) is 17.1. The molecule has 0 saturated heterocycles. The Hall–Kier alpha value is -1.65. The Labute approximate surface area is 171 Å². The monoisotopic (exact) mass is 402 g/mol. The summed E-state index contributed by atoms with van der Waals surface area (Å²) in [5.41, 5.74) is 1.15. The third kappa shape index (κ3) is 8.15. The van der Waals surface area contributed by atoms with Gasteiger partial charge in [0, 0.05) is 5.92 Å². The molecular formula is C24H34O3S. The lowest BCUT2D eigenvalue weighted by atomic mass is 9.93. The van der Waals surface area contributed by atoms with E-state index in [2.05, 4.69) is 19.1 Å². The fraction of sp³-hybridized carbons (Fsp3) is 0.500. The maximum Gasteiger partial charge on any atom is 0.296 e. The van der Waals surface area contributed by atoms with Crippen LogP contribution in [0.25, 0.3) is 0 Å². The van der Waals surface area contributed by atoms with Crippen molar-refractivity contribution in [2.75, 3.05) is 6.61 Å². The van der Waals surface area contributed by atoms with Gasteiger partial charge in [0.1, 0.15) is 0 Å². The Morgan fingerprint density at radius 3 is 1.89 bits per heavy atom. The fourth-order valence-corrected chi connectivity index (χ4v) is 4.39. The van der Waals surface area contributed by atoms with Gasteiger partial charge in [-0.1, -0.05) is 107 Å². The molecule has 0 aliphatic heterocycles. The molecule has 1 unspecified atom stereocenters. The lowest BCUT2D eigenvalue weighted by molar-refractivity contribution is 0.282. The third-order valence-corrected chi connectivity index (χ3v) is 6.43. The molecule has 0 aromatic heterocycles. The van der Waals surface area contributed by atoms with E-state index in [1.165, 1.54) is 44.9 Å². The van der Waals surface area contributed by atoms with Crippen molar-refractivity contribution in [1.82, 2.24) is 0 Å². The maximum atomic E-state index is 12.4. The number of hydrogen-bond acceptors (Lipinski definition) is 3. The van der Waals surface area contributed by atoms with Crippen LogP contribution in [0, 0.1) is 0 Å². The van der Waals surface area contributed by atoms with Crippen LogP contribution < -0.4 is 0 Å². The van der Waals surface area contributed by atoms with Gasteiger partial charge in [-0.2, -0.15) is 8.42 Å². The summed E-state index contributed by atoms with van der Waals surface area (Å²) < 4.78 is 30.3. The van der Waals surface area contributed by atoms with Gasteiger partial charge in [-0.3, -0.25) is 4.18 Å². The first-order chi connectivity index (χ1) is 13.6. The van der Waals surface area contributed by atoms with Gasteiger partial charge in [-0.25, -0.2) is 0 Å². The Kier molecular flexibility index (Phi) is 10.3. The molecule has 2 rings (SSSR count). The van der Waals surface area contributed by atoms with E-state index in [0.29, 0.717) is 0 Å². The SMILES string of the molecule is CCCCCCCCCCC(COS(=O)(=O)c1ccccc1)c1ccccc1. The van der Waals surface area contributed by atoms with Gasteiger partial charge in [0.05, 0.1) is 11.5 Å². The van der Waals surface area contributed by atoms with E-state index in [1.807, 2.05) is 18.2 Å². The summed E-state index contributed by atoms with van der Waals surface area (Å²) in [5, 5.41) is 0. The Bertz CT molecular complexity index is 742. The smallest absolute Gasteiger partial charge is 0.266 e. The van der Waals surface area contributed by atoms with E-state index in [-0.39, 0.29) is 17.4 Å². The average molecular weight is 403 g/mol. The summed E-state index contributed by atoms with van der Waals surface area (Å²) in [5.74, 6) is 0.0970. The maximum absolute atomic E-state index is 12.4. The van der Waals surface area contributed by atoms with E-state index in [9.17, 15) is 8.42 Å². The third-order valence-electron chi connectivity index (χ3n) is 5.13. The van der Waals surface area contributed by atoms with E-state index >= 15 is 0 Å². The first kappa shape index (κ1) is 22.6. The Morgan fingerprint density at radius 2 is 1.29 bits per heavy atom. The van der Waals surface area contributed by atoms with Gasteiger partial charge in [-0.05, 0) is 24.1 Å². The standard InChI is InChI=1S/C24H34O3S/c1-2-3-4-5-6-7-8-11-18-23(22-16-12-9-13-17-22)21-27-28(25,26)24-19-14-10-15-20-24/h9-10,12-17,19-20,23H,2-8,11,18,21H2,1H3. The van der Waals surface area contributed by atoms with Gasteiger partial charge in [0.2, 0.25) is 0 Å². The highest BCUT2D eigenvalue weighted by atomic mass is 32.2. The van der Waals surface area contributed by atoms with Crippen LogP contribution in [0.2, 0.25) is 0 Å². The van der Waals surface area contributed by atoms with E-state index < -0.39 is 10.1 Å². The molecule has 28 heavy (non-hydrogen) atoms. The number of hydrogen-bond donors (Lipinski definition) is 0. The molecule has 3 nitrogen and oxygen atoms in total. The molecular weight excluding hydrogens is 368 g/mol. The summed E-state index contributed by atoms with van der Waals surface area (Å²) in [6, 6.07) is 18.5. The molecule has 154 valence electrons. The van der Waals surface area contributed by atoms with E-state index in [0.717, 1.165) is 18.4 Å². The van der Waals surface area contributed by atoms with Crippen LogP contribution in [0.5, 0.6) is 0 Å². The normalized spacial score (nSPS) is 12.8. The average Bonchev–Trinajstić information content (AvgIpc) is 2.73. The topological polar surface area (TPSA) is 43.4 Å². The van der Waals surface area contributed by atoms with Crippen molar-refractivity contribution in [2.24, 2.45) is 0 Å². The predicted molar refractivity (Wildman–Crippen MR) is 116 cm³/mol. The molecule has 0 spiro atoms. The molecule has 0 aliphatic carbocycles. The minimum Gasteiger partial charge on any atom is -0.266 e. The quantitative estimate of drug-likeness (QED) is 0.261. The van der Waals surface area contributed by atoms with Crippen molar-refractivity contribution in [2.45, 2.75) is 75.5 Å². The largest absolute Gasteiger partial charge is 0.296 e. The molecule has 0 heterocycles. The van der Waals surface area contributed by atoms with E-state index in [1.54, 1.807) is 30.3 Å². The van der Waals surface area contributed by atoms with Crippen molar-refractivity contribution in [3.8, 4) is 0 Å². The Morgan fingerprint density at radius 1 is 0.750 bits per heavy atom. The van der Waals surface area contributed by atoms with Crippen LogP contribution in [-0.4, -0.2) is 15.0 Å². The van der Waals surface area contributed by atoms with Crippen LogP contribution >= 0.6 is 0 Å². The number of unbranched alkanes of at least 4 members (excludes halogenated alkanes) is 7. The van der Waals surface area contributed by atoms with Gasteiger partial charge >= 0.3 is 0 Å². The summed E-state index contributed by atoms with van der Waals surface area (Å²) in [6.07, 6.45) is 11.1. The molecule has 0 amide bonds. The van der Waals surface area contributed by atoms with Crippen LogP contribution in [0.1, 0.15) is 76.2 Å². The molecule has 1 atom stereocenters. The first-order valence-electron chi connectivity index (χ1n) is 10.6. The highest BCUT2D eigenvalue weighted by Crippen LogP contribution is 2.25. The highest BCUT2D eigenvalue weighted by molar-refractivity contribution is 7.86. The van der Waals surface area contributed by atoms with Crippen molar-refractivity contribution in [3.05, 3.63) is 66.2 Å². The zero-order chi connectivity index (χ0) is 20.1. The van der Waals surface area contributed by atoms with Crippen LogP contribution in [-0.2, 0) is 14.3 Å². The van der Waals surface area contributed by atoms with Gasteiger partial charge in [0.15, 0.2) is 0 Å². The molecule has 0 fully saturated rings. The van der Waals surface area contributed by atoms with Crippen LogP contribution in [0.3, 0.4) is 0 Å². The lowest BCUT2D eigenvalue weighted by Gasteiger charge is -2.17. The molecule has 4 heteroatoms. The second kappa shape index (κ2) is 12.7. The molecule has 0 bridgehead atoms. The first-order valence-corrected chi connectivity index (χ1v) is 12.0. The Balaban J connectivity index is 1.85.